The normalized spacial score (nSPS) is 20.8. The summed E-state index contributed by atoms with van der Waals surface area (Å²) in [7, 11) is 1.70. The minimum absolute atomic E-state index is 0.0653. The zero-order valence-corrected chi connectivity index (χ0v) is 28.2. The van der Waals surface area contributed by atoms with Crippen molar-refractivity contribution < 1.29 is 38.4 Å². The number of aliphatic hydroxyl groups excluding tert-OH is 1. The summed E-state index contributed by atoms with van der Waals surface area (Å²) >= 11 is 0. The highest BCUT2D eigenvalue weighted by Crippen LogP contribution is 2.34. The number of urea groups is 2. The first kappa shape index (κ1) is 35.6. The van der Waals surface area contributed by atoms with E-state index in [9.17, 15) is 19.5 Å². The van der Waals surface area contributed by atoms with E-state index in [4.69, 9.17) is 18.9 Å². The maximum absolute atomic E-state index is 14.3. The molecule has 2 aromatic carbocycles. The molecule has 0 saturated carbocycles. The second kappa shape index (κ2) is 16.6. The molecule has 13 heteroatoms. The van der Waals surface area contributed by atoms with E-state index >= 15 is 0 Å². The van der Waals surface area contributed by atoms with Crippen LogP contribution in [0, 0.1) is 5.92 Å². The zero-order chi connectivity index (χ0) is 34.1. The molecule has 0 fully saturated rings. The molecule has 0 spiro atoms. The summed E-state index contributed by atoms with van der Waals surface area (Å²) in [4.78, 5) is 43.1. The van der Waals surface area contributed by atoms with E-state index in [1.165, 1.54) is 0 Å². The van der Waals surface area contributed by atoms with E-state index in [2.05, 4.69) is 16.0 Å². The summed E-state index contributed by atoms with van der Waals surface area (Å²) in [6.07, 6.45) is 1.78. The number of amides is 5. The van der Waals surface area contributed by atoms with Crippen molar-refractivity contribution >= 4 is 29.3 Å². The first-order chi connectivity index (χ1) is 22.4. The molecular weight excluding hydrogens is 606 g/mol. The average Bonchev–Trinajstić information content (AvgIpc) is 3.50. The number of nitrogens with zero attached hydrogens (tertiary/aromatic N) is 2. The molecule has 2 aliphatic heterocycles. The van der Waals surface area contributed by atoms with Crippen LogP contribution < -0.4 is 30.2 Å². The fourth-order valence-corrected chi connectivity index (χ4v) is 5.44. The molecule has 2 aromatic rings. The number of fused-ring (bicyclic) bond motifs is 2. The van der Waals surface area contributed by atoms with Crippen molar-refractivity contribution in [3.63, 3.8) is 0 Å². The predicted octanol–water partition coefficient (Wildman–Crippen LogP) is 4.90. The third kappa shape index (κ3) is 9.88. The molecule has 2 heterocycles. The fourth-order valence-electron chi connectivity index (χ4n) is 5.44. The van der Waals surface area contributed by atoms with E-state index in [1.807, 2.05) is 27.7 Å². The van der Waals surface area contributed by atoms with Crippen LogP contribution in [0.15, 0.2) is 36.4 Å². The van der Waals surface area contributed by atoms with Crippen LogP contribution >= 0.6 is 0 Å². The average molecular weight is 656 g/mol. The van der Waals surface area contributed by atoms with E-state index < -0.39 is 12.1 Å². The number of ether oxygens (including phenoxy) is 4. The summed E-state index contributed by atoms with van der Waals surface area (Å²) in [6.45, 7) is 10.3. The lowest BCUT2D eigenvalue weighted by Crippen LogP contribution is -2.48. The van der Waals surface area contributed by atoms with Gasteiger partial charge < -0.3 is 49.8 Å². The Labute approximate surface area is 276 Å². The standard InChI is InChI=1S/C34H49N5O8/c1-21(2)35-33(42)36-25-10-12-28-27(15-25)32(41)39(23(4)19-40)17-22(3)31(44-14-8-7-9-24(5)47-28)18-38(6)34(43)37-26-11-13-29-30(16-26)46-20-45-29/h10-13,15-16,21-24,31,40H,7-9,14,17-20H2,1-6H3,(H,37,43)(H2,35,36,42)/t22-,23+,24+,31+/m0/s1. The third-order valence-electron chi connectivity index (χ3n) is 8.15. The molecule has 5 amide bonds. The largest absolute Gasteiger partial charge is 0.490 e. The number of likely N-dealkylation sites (N-methyl/N-ethyl adjacent to an activating group) is 1. The number of hydrogen-bond acceptors (Lipinski definition) is 8. The van der Waals surface area contributed by atoms with Gasteiger partial charge in [-0.3, -0.25) is 4.79 Å². The second-order valence-electron chi connectivity index (χ2n) is 12.6. The first-order valence-electron chi connectivity index (χ1n) is 16.3. The molecule has 0 aliphatic carbocycles. The lowest BCUT2D eigenvalue weighted by molar-refractivity contribution is -0.0115. The highest BCUT2D eigenvalue weighted by Gasteiger charge is 2.31. The summed E-state index contributed by atoms with van der Waals surface area (Å²) < 4.78 is 23.4. The van der Waals surface area contributed by atoms with Crippen LogP contribution in [0.3, 0.4) is 0 Å². The Balaban J connectivity index is 1.56. The van der Waals surface area contributed by atoms with Gasteiger partial charge in [0.2, 0.25) is 6.79 Å². The van der Waals surface area contributed by atoms with E-state index in [1.54, 1.807) is 60.2 Å². The lowest BCUT2D eigenvalue weighted by atomic mass is 10.0. The molecule has 0 saturated heterocycles. The lowest BCUT2D eigenvalue weighted by Gasteiger charge is -2.35. The Morgan fingerprint density at radius 2 is 1.70 bits per heavy atom. The topological polar surface area (TPSA) is 151 Å². The molecule has 4 atom stereocenters. The van der Waals surface area contributed by atoms with Crippen molar-refractivity contribution in [3.05, 3.63) is 42.0 Å². The molecule has 0 unspecified atom stereocenters. The van der Waals surface area contributed by atoms with Crippen molar-refractivity contribution in [1.82, 2.24) is 15.1 Å². The van der Waals surface area contributed by atoms with E-state index in [0.717, 1.165) is 19.3 Å². The van der Waals surface area contributed by atoms with Crippen molar-refractivity contribution in [2.24, 2.45) is 5.92 Å². The van der Waals surface area contributed by atoms with Crippen LogP contribution in [0.5, 0.6) is 17.2 Å². The SMILES string of the molecule is CC(C)NC(=O)Nc1ccc2c(c1)C(=O)N([C@H](C)CO)C[C@H](C)[C@@H](CN(C)C(=O)Nc1ccc3c(c1)OCO3)OCCCC[C@@H](C)O2. The molecule has 0 aromatic heterocycles. The third-order valence-corrected chi connectivity index (χ3v) is 8.15. The van der Waals surface area contributed by atoms with Crippen LogP contribution in [-0.2, 0) is 4.74 Å². The number of benzene rings is 2. The van der Waals surface area contributed by atoms with Gasteiger partial charge in [-0.25, -0.2) is 9.59 Å². The number of carbonyl (C=O) groups is 3. The Kier molecular flexibility index (Phi) is 12.5. The van der Waals surface area contributed by atoms with E-state index in [-0.39, 0.29) is 68.1 Å². The Morgan fingerprint density at radius 1 is 1.00 bits per heavy atom. The molecular formula is C34H49N5O8. The van der Waals surface area contributed by atoms with Crippen molar-refractivity contribution in [3.8, 4) is 17.2 Å². The molecule has 258 valence electrons. The number of carbonyl (C=O) groups excluding carboxylic acids is 3. The van der Waals surface area contributed by atoms with Gasteiger partial charge in [0.15, 0.2) is 11.5 Å². The van der Waals surface area contributed by atoms with Crippen LogP contribution in [0.1, 0.15) is 64.2 Å². The van der Waals surface area contributed by atoms with Crippen LogP contribution in [0.4, 0.5) is 21.0 Å². The predicted molar refractivity (Wildman–Crippen MR) is 178 cm³/mol. The molecule has 13 nitrogen and oxygen atoms in total. The van der Waals surface area contributed by atoms with Gasteiger partial charge in [0.25, 0.3) is 5.91 Å². The van der Waals surface area contributed by atoms with Crippen LogP contribution in [0.2, 0.25) is 0 Å². The number of nitrogens with one attached hydrogen (secondary N) is 3. The van der Waals surface area contributed by atoms with Crippen molar-refractivity contribution in [1.29, 1.82) is 0 Å². The zero-order valence-electron chi connectivity index (χ0n) is 28.2. The number of aliphatic hydroxyl groups is 1. The minimum Gasteiger partial charge on any atom is -0.490 e. The smallest absolute Gasteiger partial charge is 0.321 e. The van der Waals surface area contributed by atoms with Crippen molar-refractivity contribution in [2.75, 3.05) is 50.8 Å². The Hall–Kier alpha value is -4.23. The fraction of sp³-hybridized carbons (Fsp3) is 0.559. The van der Waals surface area contributed by atoms with Gasteiger partial charge in [-0.15, -0.1) is 0 Å². The quantitative estimate of drug-likeness (QED) is 0.329. The highest BCUT2D eigenvalue weighted by molar-refractivity contribution is 5.99. The van der Waals surface area contributed by atoms with Gasteiger partial charge in [0.05, 0.1) is 30.4 Å². The number of rotatable bonds is 7. The Bertz CT molecular complexity index is 1390. The van der Waals surface area contributed by atoms with Gasteiger partial charge in [-0.05, 0) is 77.3 Å². The maximum Gasteiger partial charge on any atom is 0.321 e. The maximum atomic E-state index is 14.3. The summed E-state index contributed by atoms with van der Waals surface area (Å²) in [5.74, 6) is 1.03. The summed E-state index contributed by atoms with van der Waals surface area (Å²) in [6, 6.07) is 8.93. The molecule has 4 N–H and O–H groups in total. The second-order valence-corrected chi connectivity index (χ2v) is 12.6. The highest BCUT2D eigenvalue weighted by atomic mass is 16.7. The first-order valence-corrected chi connectivity index (χ1v) is 16.3. The molecule has 4 rings (SSSR count). The monoisotopic (exact) mass is 655 g/mol. The molecule has 0 bridgehead atoms. The molecule has 0 radical (unpaired) electrons. The van der Waals surface area contributed by atoms with Gasteiger partial charge in [0.1, 0.15) is 5.75 Å². The van der Waals surface area contributed by atoms with Gasteiger partial charge >= 0.3 is 12.1 Å². The van der Waals surface area contributed by atoms with Gasteiger partial charge in [0, 0.05) is 56.1 Å². The summed E-state index contributed by atoms with van der Waals surface area (Å²) in [5.41, 5.74) is 1.29. The van der Waals surface area contributed by atoms with Gasteiger partial charge in [-0.1, -0.05) is 6.92 Å². The summed E-state index contributed by atoms with van der Waals surface area (Å²) in [5, 5.41) is 18.7. The van der Waals surface area contributed by atoms with Crippen molar-refractivity contribution in [2.45, 2.75) is 78.2 Å². The molecule has 2 aliphatic rings. The minimum atomic E-state index is -0.531. The Morgan fingerprint density at radius 3 is 2.43 bits per heavy atom. The number of hydrogen-bond donors (Lipinski definition) is 4. The number of anilines is 2. The van der Waals surface area contributed by atoms with Gasteiger partial charge in [-0.2, -0.15) is 0 Å². The van der Waals surface area contributed by atoms with E-state index in [0.29, 0.717) is 35.2 Å². The van der Waals surface area contributed by atoms with Crippen LogP contribution in [0.25, 0.3) is 0 Å². The van der Waals surface area contributed by atoms with Crippen LogP contribution in [-0.4, -0.2) is 97.3 Å². The molecule has 47 heavy (non-hydrogen) atoms.